The van der Waals surface area contributed by atoms with Crippen LogP contribution in [-0.4, -0.2) is 75.9 Å². The lowest BCUT2D eigenvalue weighted by molar-refractivity contribution is -0.127. The molecule has 2 aromatic heterocycles. The fourth-order valence-corrected chi connectivity index (χ4v) is 4.95. The molecule has 1 N–H and O–H groups in total. The molecular formula is C27H28N6O3S. The lowest BCUT2D eigenvalue weighted by atomic mass is 10.0. The third-order valence-corrected chi connectivity index (χ3v) is 7.38. The second-order valence-electron chi connectivity index (χ2n) is 9.11. The molecule has 0 spiro atoms. The van der Waals surface area contributed by atoms with E-state index in [0.29, 0.717) is 5.56 Å². The summed E-state index contributed by atoms with van der Waals surface area (Å²) in [5, 5.41) is 12.3. The minimum absolute atomic E-state index is 0.000280. The summed E-state index contributed by atoms with van der Waals surface area (Å²) in [4.78, 5) is 16.0. The number of hydrogen-bond acceptors (Lipinski definition) is 6. The third-order valence-electron chi connectivity index (χ3n) is 6.50. The van der Waals surface area contributed by atoms with Crippen molar-refractivity contribution in [3.05, 3.63) is 84.3 Å². The third kappa shape index (κ3) is 5.55. The summed E-state index contributed by atoms with van der Waals surface area (Å²) in [6.07, 6.45) is 9.09. The summed E-state index contributed by atoms with van der Waals surface area (Å²) < 4.78 is 24.2. The van der Waals surface area contributed by atoms with Gasteiger partial charge in [0.15, 0.2) is 0 Å². The zero-order valence-electron chi connectivity index (χ0n) is 20.5. The van der Waals surface area contributed by atoms with E-state index in [9.17, 15) is 13.2 Å². The molecule has 1 amide bonds. The van der Waals surface area contributed by atoms with Gasteiger partial charge in [-0.2, -0.15) is 14.3 Å². The first-order valence-electron chi connectivity index (χ1n) is 11.9. The molecule has 1 aliphatic heterocycles. The maximum absolute atomic E-state index is 11.8. The Balaban J connectivity index is 1.28. The van der Waals surface area contributed by atoms with Crippen molar-refractivity contribution in [2.75, 3.05) is 32.4 Å². The Morgan fingerprint density at radius 2 is 1.78 bits per heavy atom. The van der Waals surface area contributed by atoms with E-state index in [4.69, 9.17) is 0 Å². The summed E-state index contributed by atoms with van der Waals surface area (Å²) in [7, 11) is -3.41. The van der Waals surface area contributed by atoms with E-state index in [1.54, 1.807) is 6.08 Å². The van der Waals surface area contributed by atoms with Gasteiger partial charge in [-0.05, 0) is 47.1 Å². The number of carbonyl (C=O) groups is 1. The second-order valence-corrected chi connectivity index (χ2v) is 11.0. The highest BCUT2D eigenvalue weighted by atomic mass is 32.2. The molecule has 0 atom stereocenters. The normalized spacial score (nSPS) is 15.0. The molecule has 10 heteroatoms. The van der Waals surface area contributed by atoms with Crippen LogP contribution in [0.2, 0.25) is 0 Å². The summed E-state index contributed by atoms with van der Waals surface area (Å²) in [5.41, 5.74) is 5.77. The minimum atomic E-state index is -3.41. The highest BCUT2D eigenvalue weighted by Crippen LogP contribution is 2.27. The van der Waals surface area contributed by atoms with Gasteiger partial charge in [0.2, 0.25) is 5.91 Å². The van der Waals surface area contributed by atoms with Gasteiger partial charge >= 0.3 is 0 Å². The van der Waals surface area contributed by atoms with Crippen LogP contribution in [0.3, 0.4) is 0 Å². The fraction of sp³-hybridized carbons (Fsp3) is 0.222. The standard InChI is InChI=1S/C27H28N6O3S/c1-3-27(34)32-14-12-31(13-15-32)18-20-4-7-22(8-5-20)23-9-11-26-24(16-23)25(29-30-26)10-6-21-17-28-33(19-21)37(2,35)36/h3-11,16-17,19H,1,12-15,18H2,2H3,(H,29,30)/b10-6+. The molecule has 9 nitrogen and oxygen atoms in total. The average molecular weight is 517 g/mol. The molecule has 0 aliphatic carbocycles. The van der Waals surface area contributed by atoms with Crippen LogP contribution in [0.25, 0.3) is 34.2 Å². The van der Waals surface area contributed by atoms with Crippen molar-refractivity contribution in [1.82, 2.24) is 29.2 Å². The first-order chi connectivity index (χ1) is 17.8. The Kier molecular flexibility index (Phi) is 6.77. The van der Waals surface area contributed by atoms with Gasteiger partial charge in [-0.1, -0.05) is 36.9 Å². The Hall–Kier alpha value is -4.02. The van der Waals surface area contributed by atoms with Gasteiger partial charge in [-0.3, -0.25) is 14.8 Å². The van der Waals surface area contributed by atoms with Gasteiger partial charge in [0.25, 0.3) is 10.0 Å². The molecule has 1 fully saturated rings. The van der Waals surface area contributed by atoms with Gasteiger partial charge in [-0.15, -0.1) is 0 Å². The molecule has 0 bridgehead atoms. The smallest absolute Gasteiger partial charge is 0.250 e. The molecule has 4 aromatic rings. The lowest BCUT2D eigenvalue weighted by Crippen LogP contribution is -2.47. The van der Waals surface area contributed by atoms with Crippen molar-refractivity contribution >= 4 is 39.0 Å². The minimum Gasteiger partial charge on any atom is -0.337 e. The molecule has 1 aliphatic rings. The topological polar surface area (TPSA) is 104 Å². The number of amides is 1. The Morgan fingerprint density at radius 1 is 1.05 bits per heavy atom. The van der Waals surface area contributed by atoms with Crippen LogP contribution in [-0.2, 0) is 21.4 Å². The van der Waals surface area contributed by atoms with E-state index < -0.39 is 10.0 Å². The highest BCUT2D eigenvalue weighted by molar-refractivity contribution is 7.89. The monoisotopic (exact) mass is 516 g/mol. The van der Waals surface area contributed by atoms with Gasteiger partial charge in [0.1, 0.15) is 0 Å². The van der Waals surface area contributed by atoms with E-state index in [-0.39, 0.29) is 5.91 Å². The number of fused-ring (bicyclic) bond motifs is 1. The number of hydrogen-bond donors (Lipinski definition) is 1. The van der Waals surface area contributed by atoms with Crippen molar-refractivity contribution < 1.29 is 13.2 Å². The SMILES string of the molecule is C=CC(=O)N1CCN(Cc2ccc(-c3ccc4[nH]nc(/C=C/c5cnn(S(C)(=O)=O)c5)c4c3)cc2)CC1. The van der Waals surface area contributed by atoms with E-state index in [2.05, 4.69) is 63.2 Å². The zero-order chi connectivity index (χ0) is 26.0. The van der Waals surface area contributed by atoms with E-state index >= 15 is 0 Å². The highest BCUT2D eigenvalue weighted by Gasteiger charge is 2.19. The molecule has 3 heterocycles. The van der Waals surface area contributed by atoms with Crippen molar-refractivity contribution in [3.8, 4) is 11.1 Å². The lowest BCUT2D eigenvalue weighted by Gasteiger charge is -2.34. The number of aromatic amines is 1. The van der Waals surface area contributed by atoms with Crippen LogP contribution in [0.4, 0.5) is 0 Å². The number of benzene rings is 2. The predicted molar refractivity (Wildman–Crippen MR) is 145 cm³/mol. The molecule has 190 valence electrons. The molecule has 37 heavy (non-hydrogen) atoms. The predicted octanol–water partition coefficient (Wildman–Crippen LogP) is 3.23. The Morgan fingerprint density at radius 3 is 2.46 bits per heavy atom. The summed E-state index contributed by atoms with van der Waals surface area (Å²) in [6.45, 7) is 7.57. The summed E-state index contributed by atoms with van der Waals surface area (Å²) in [5.74, 6) is 0.000280. The number of H-pyrrole nitrogens is 1. The van der Waals surface area contributed by atoms with E-state index in [1.165, 1.54) is 24.0 Å². The molecule has 0 unspecified atom stereocenters. The second kappa shape index (κ2) is 10.2. The molecule has 0 saturated carbocycles. The van der Waals surface area contributed by atoms with Crippen molar-refractivity contribution in [2.24, 2.45) is 0 Å². The Labute approximate surface area is 215 Å². The average Bonchev–Trinajstić information content (AvgIpc) is 3.55. The summed E-state index contributed by atoms with van der Waals surface area (Å²) >= 11 is 0. The van der Waals surface area contributed by atoms with Gasteiger partial charge in [0, 0.05) is 49.9 Å². The van der Waals surface area contributed by atoms with Crippen LogP contribution in [0, 0.1) is 0 Å². The summed E-state index contributed by atoms with van der Waals surface area (Å²) in [6, 6.07) is 14.7. The molecule has 0 radical (unpaired) electrons. The van der Waals surface area contributed by atoms with Crippen LogP contribution >= 0.6 is 0 Å². The first-order valence-corrected chi connectivity index (χ1v) is 13.8. The van der Waals surface area contributed by atoms with Crippen LogP contribution in [0.1, 0.15) is 16.8 Å². The Bertz CT molecular complexity index is 1580. The molecule has 1 saturated heterocycles. The maximum atomic E-state index is 11.8. The van der Waals surface area contributed by atoms with Gasteiger partial charge in [0.05, 0.1) is 23.7 Å². The van der Waals surface area contributed by atoms with Crippen molar-refractivity contribution in [1.29, 1.82) is 0 Å². The molecular weight excluding hydrogens is 488 g/mol. The van der Waals surface area contributed by atoms with Crippen LogP contribution < -0.4 is 0 Å². The largest absolute Gasteiger partial charge is 0.337 e. The van der Waals surface area contributed by atoms with Crippen molar-refractivity contribution in [2.45, 2.75) is 6.54 Å². The number of aromatic nitrogens is 4. The molecule has 2 aromatic carbocycles. The van der Waals surface area contributed by atoms with Crippen LogP contribution in [0.5, 0.6) is 0 Å². The fourth-order valence-electron chi connectivity index (χ4n) is 4.42. The molecule has 5 rings (SSSR count). The van der Waals surface area contributed by atoms with Gasteiger partial charge < -0.3 is 4.90 Å². The number of carbonyl (C=O) groups excluding carboxylic acids is 1. The number of nitrogens with zero attached hydrogens (tertiary/aromatic N) is 5. The quantitative estimate of drug-likeness (QED) is 0.378. The first kappa shape index (κ1) is 24.7. The van der Waals surface area contributed by atoms with Crippen molar-refractivity contribution in [3.63, 3.8) is 0 Å². The maximum Gasteiger partial charge on any atom is 0.250 e. The van der Waals surface area contributed by atoms with E-state index in [1.807, 2.05) is 17.0 Å². The number of nitrogens with one attached hydrogen (secondary N) is 1. The van der Waals surface area contributed by atoms with Gasteiger partial charge in [-0.25, -0.2) is 8.42 Å². The van der Waals surface area contributed by atoms with Crippen LogP contribution in [0.15, 0.2) is 67.5 Å². The number of piperazine rings is 1. The number of rotatable bonds is 7. The van der Waals surface area contributed by atoms with E-state index in [0.717, 1.165) is 70.8 Å². The zero-order valence-corrected chi connectivity index (χ0v) is 21.4.